The van der Waals surface area contributed by atoms with Crippen molar-refractivity contribution in [3.05, 3.63) is 83.4 Å². The summed E-state index contributed by atoms with van der Waals surface area (Å²) in [4.78, 5) is 52.2. The predicted octanol–water partition coefficient (Wildman–Crippen LogP) is 3.92. The van der Waals surface area contributed by atoms with Crippen LogP contribution in [0.25, 0.3) is 22.5 Å². The van der Waals surface area contributed by atoms with Crippen molar-refractivity contribution in [2.24, 2.45) is 11.8 Å². The number of aliphatic hydroxyl groups excluding tert-OH is 2. The second-order valence-corrected chi connectivity index (χ2v) is 14.9. The van der Waals surface area contributed by atoms with Gasteiger partial charge in [-0.3, -0.25) is 14.4 Å². The summed E-state index contributed by atoms with van der Waals surface area (Å²) < 4.78 is 5.34. The standard InChI is InChI=1S/C40H50N8O7/c1-24-19-30(37(52)43-32(22-49)23-50)15-18-33(24)27-9-5-25(6-10-27)20-34(38(53)42-31-16-13-28(14-17-31)35-45-47-48-46-35)44-36(51)29-11-7-26(8-12-29)21-41-39(54)55-40(2,3)4/h5-6,9-10,13-19,26,29,32,34,49-50H,7-8,11-12,20-23H2,1-4H3,(H,41,54)(H,42,53)(H,43,52)(H,44,51)(H,45,46,47,48)/t26?,29?,34-/m0/s1. The van der Waals surface area contributed by atoms with Crippen molar-refractivity contribution in [1.29, 1.82) is 0 Å². The lowest BCUT2D eigenvalue weighted by Gasteiger charge is -2.29. The number of ether oxygens (including phenoxy) is 1. The van der Waals surface area contributed by atoms with Crippen molar-refractivity contribution in [3.63, 3.8) is 0 Å². The van der Waals surface area contributed by atoms with E-state index in [1.807, 2.05) is 58.0 Å². The highest BCUT2D eigenvalue weighted by molar-refractivity contribution is 5.98. The van der Waals surface area contributed by atoms with E-state index in [9.17, 15) is 29.4 Å². The van der Waals surface area contributed by atoms with Gasteiger partial charge in [-0.15, -0.1) is 10.2 Å². The van der Waals surface area contributed by atoms with Gasteiger partial charge in [-0.2, -0.15) is 5.21 Å². The van der Waals surface area contributed by atoms with Crippen molar-refractivity contribution in [3.8, 4) is 22.5 Å². The lowest BCUT2D eigenvalue weighted by molar-refractivity contribution is -0.130. The van der Waals surface area contributed by atoms with Crippen molar-refractivity contribution < 1.29 is 34.1 Å². The van der Waals surface area contributed by atoms with Gasteiger partial charge in [0.05, 0.1) is 19.3 Å². The van der Waals surface area contributed by atoms with Crippen LogP contribution in [-0.4, -0.2) is 92.1 Å². The summed E-state index contributed by atoms with van der Waals surface area (Å²) in [6.45, 7) is 7.08. The van der Waals surface area contributed by atoms with Gasteiger partial charge >= 0.3 is 6.09 Å². The van der Waals surface area contributed by atoms with Gasteiger partial charge in [-0.1, -0.05) is 30.3 Å². The average Bonchev–Trinajstić information content (AvgIpc) is 3.71. The number of rotatable bonds is 14. The van der Waals surface area contributed by atoms with Gasteiger partial charge in [0.2, 0.25) is 17.6 Å². The Morgan fingerprint density at radius 1 is 0.891 bits per heavy atom. The molecule has 1 saturated carbocycles. The third kappa shape index (κ3) is 11.7. The van der Waals surface area contributed by atoms with E-state index in [0.29, 0.717) is 36.5 Å². The monoisotopic (exact) mass is 754 g/mol. The number of anilines is 1. The SMILES string of the molecule is Cc1cc(C(=O)NC(CO)CO)ccc1-c1ccc(C[C@H](NC(=O)C2CCC(CNC(=O)OC(C)(C)C)CC2)C(=O)Nc2ccc(-c3nn[nH]n3)cc2)cc1. The molecular formula is C40H50N8O7. The highest BCUT2D eigenvalue weighted by atomic mass is 16.6. The minimum atomic E-state index is -0.872. The van der Waals surface area contributed by atoms with Crippen molar-refractivity contribution >= 4 is 29.5 Å². The Labute approximate surface area is 320 Å². The van der Waals surface area contributed by atoms with E-state index in [0.717, 1.165) is 40.7 Å². The molecule has 1 heterocycles. The highest BCUT2D eigenvalue weighted by Gasteiger charge is 2.30. The second kappa shape index (κ2) is 18.6. The Morgan fingerprint density at radius 3 is 2.16 bits per heavy atom. The third-order valence-corrected chi connectivity index (χ3v) is 9.51. The molecule has 55 heavy (non-hydrogen) atoms. The van der Waals surface area contributed by atoms with E-state index < -0.39 is 29.7 Å². The number of aromatic amines is 1. The number of aryl methyl sites for hydroxylation is 1. The zero-order chi connectivity index (χ0) is 39.5. The third-order valence-electron chi connectivity index (χ3n) is 9.51. The predicted molar refractivity (Wildman–Crippen MR) is 206 cm³/mol. The average molecular weight is 755 g/mol. The number of aromatic nitrogens is 4. The fraction of sp³-hybridized carbons (Fsp3) is 0.425. The number of carbonyl (C=O) groups is 4. The topological polar surface area (TPSA) is 221 Å². The molecule has 1 aliphatic rings. The summed E-state index contributed by atoms with van der Waals surface area (Å²) in [6, 6.07) is 18.4. The highest BCUT2D eigenvalue weighted by Crippen LogP contribution is 2.29. The molecule has 4 amide bonds. The summed E-state index contributed by atoms with van der Waals surface area (Å²) in [5, 5.41) is 44.0. The van der Waals surface area contributed by atoms with E-state index in [1.165, 1.54) is 0 Å². The zero-order valence-electron chi connectivity index (χ0n) is 31.6. The number of amides is 4. The van der Waals surface area contributed by atoms with E-state index in [2.05, 4.69) is 41.9 Å². The Balaban J connectivity index is 1.25. The van der Waals surface area contributed by atoms with Crippen LogP contribution in [0, 0.1) is 18.8 Å². The molecule has 1 atom stereocenters. The number of benzene rings is 3. The maximum atomic E-state index is 13.8. The van der Waals surface area contributed by atoms with Gasteiger partial charge in [0.1, 0.15) is 11.6 Å². The Kier molecular flexibility index (Phi) is 13.7. The van der Waals surface area contributed by atoms with Crippen LogP contribution in [0.1, 0.15) is 67.9 Å². The van der Waals surface area contributed by atoms with Gasteiger partial charge < -0.3 is 36.2 Å². The lowest BCUT2D eigenvalue weighted by Crippen LogP contribution is -2.48. The molecule has 0 aliphatic heterocycles. The van der Waals surface area contributed by atoms with Gasteiger partial charge in [0, 0.05) is 35.7 Å². The number of hydrogen-bond acceptors (Lipinski definition) is 10. The van der Waals surface area contributed by atoms with Crippen LogP contribution >= 0.6 is 0 Å². The first-order valence-electron chi connectivity index (χ1n) is 18.5. The molecule has 3 aromatic carbocycles. The number of aliphatic hydroxyl groups is 2. The molecular weight excluding hydrogens is 704 g/mol. The van der Waals surface area contributed by atoms with E-state index in [-0.39, 0.29) is 43.3 Å². The number of carbonyl (C=O) groups excluding carboxylic acids is 4. The molecule has 0 spiro atoms. The van der Waals surface area contributed by atoms with Gasteiger partial charge in [-0.05, 0) is 123 Å². The fourth-order valence-electron chi connectivity index (χ4n) is 6.49. The number of tetrazole rings is 1. The maximum Gasteiger partial charge on any atom is 0.407 e. The molecule has 0 radical (unpaired) electrons. The van der Waals surface area contributed by atoms with Crippen molar-refractivity contribution in [2.45, 2.75) is 77.5 Å². The molecule has 0 unspecified atom stereocenters. The van der Waals surface area contributed by atoms with Crippen LogP contribution < -0.4 is 21.3 Å². The van der Waals surface area contributed by atoms with Crippen LogP contribution in [0.15, 0.2) is 66.7 Å². The van der Waals surface area contributed by atoms with Crippen LogP contribution in [0.5, 0.6) is 0 Å². The van der Waals surface area contributed by atoms with Crippen LogP contribution in [0.2, 0.25) is 0 Å². The first kappa shape index (κ1) is 40.5. The largest absolute Gasteiger partial charge is 0.444 e. The van der Waals surface area contributed by atoms with E-state index >= 15 is 0 Å². The molecule has 7 N–H and O–H groups in total. The number of alkyl carbamates (subject to hydrolysis) is 1. The molecule has 0 bridgehead atoms. The molecule has 5 rings (SSSR count). The first-order valence-corrected chi connectivity index (χ1v) is 18.5. The summed E-state index contributed by atoms with van der Waals surface area (Å²) in [5.74, 6) is -0.563. The van der Waals surface area contributed by atoms with Crippen molar-refractivity contribution in [1.82, 2.24) is 36.6 Å². The zero-order valence-corrected chi connectivity index (χ0v) is 31.6. The molecule has 1 fully saturated rings. The smallest absolute Gasteiger partial charge is 0.407 e. The molecule has 1 aliphatic carbocycles. The molecule has 15 heteroatoms. The molecule has 292 valence electrons. The summed E-state index contributed by atoms with van der Waals surface area (Å²) in [7, 11) is 0. The van der Waals surface area contributed by atoms with E-state index in [1.54, 1.807) is 36.4 Å². The second-order valence-electron chi connectivity index (χ2n) is 14.9. The Morgan fingerprint density at radius 2 is 1.56 bits per heavy atom. The Hall–Kier alpha value is -5.67. The summed E-state index contributed by atoms with van der Waals surface area (Å²) >= 11 is 0. The number of nitrogens with zero attached hydrogens (tertiary/aromatic N) is 3. The molecule has 1 aromatic heterocycles. The number of H-pyrrole nitrogens is 1. The number of nitrogens with one attached hydrogen (secondary N) is 5. The van der Waals surface area contributed by atoms with Crippen LogP contribution in [0.4, 0.5) is 10.5 Å². The summed E-state index contributed by atoms with van der Waals surface area (Å²) in [5.41, 5.74) is 4.60. The molecule has 0 saturated heterocycles. The lowest BCUT2D eigenvalue weighted by atomic mass is 9.81. The first-order chi connectivity index (χ1) is 26.3. The van der Waals surface area contributed by atoms with Gasteiger partial charge in [0.15, 0.2) is 0 Å². The quantitative estimate of drug-likeness (QED) is 0.0984. The minimum absolute atomic E-state index is 0.188. The Bertz CT molecular complexity index is 1900. The normalized spacial score (nSPS) is 16.2. The van der Waals surface area contributed by atoms with Crippen LogP contribution in [0.3, 0.4) is 0 Å². The van der Waals surface area contributed by atoms with Crippen LogP contribution in [-0.2, 0) is 20.7 Å². The van der Waals surface area contributed by atoms with Gasteiger partial charge in [0.25, 0.3) is 5.91 Å². The maximum absolute atomic E-state index is 13.8. The van der Waals surface area contributed by atoms with E-state index in [4.69, 9.17) is 4.74 Å². The van der Waals surface area contributed by atoms with Crippen molar-refractivity contribution in [2.75, 3.05) is 25.1 Å². The minimum Gasteiger partial charge on any atom is -0.444 e. The summed E-state index contributed by atoms with van der Waals surface area (Å²) in [6.07, 6.45) is 2.57. The van der Waals surface area contributed by atoms with Gasteiger partial charge in [-0.25, -0.2) is 4.79 Å². The molecule has 15 nitrogen and oxygen atoms in total. The molecule has 4 aromatic rings. The fourth-order valence-corrected chi connectivity index (χ4v) is 6.49. The number of hydrogen-bond donors (Lipinski definition) is 7.